The quantitative estimate of drug-likeness (QED) is 0.259. The Morgan fingerprint density at radius 2 is 1.46 bits per heavy atom. The Labute approximate surface area is 225 Å². The van der Waals surface area contributed by atoms with Crippen LogP contribution in [0.2, 0.25) is 0 Å². The lowest BCUT2D eigenvalue weighted by Gasteiger charge is -2.32. The molecule has 1 aromatic carbocycles. The monoisotopic (exact) mass is 506 g/mol. The van der Waals surface area contributed by atoms with Crippen molar-refractivity contribution in [2.24, 2.45) is 21.9 Å². The van der Waals surface area contributed by atoms with Gasteiger partial charge in [-0.3, -0.25) is 0 Å². The maximum absolute atomic E-state index is 4.96. The van der Waals surface area contributed by atoms with Crippen molar-refractivity contribution in [3.63, 3.8) is 0 Å². The van der Waals surface area contributed by atoms with Crippen LogP contribution in [0, 0.1) is 11.8 Å². The molecule has 1 aliphatic heterocycles. The second-order valence-electron chi connectivity index (χ2n) is 11.8. The van der Waals surface area contributed by atoms with E-state index in [1.165, 1.54) is 57.1 Å². The molecule has 6 nitrogen and oxygen atoms in total. The van der Waals surface area contributed by atoms with Crippen molar-refractivity contribution in [3.8, 4) is 0 Å². The molecule has 0 aliphatic carbocycles. The number of aromatic nitrogens is 3. The molecular formula is C31H50N6. The van der Waals surface area contributed by atoms with E-state index in [0.717, 1.165) is 53.7 Å². The summed E-state index contributed by atoms with van der Waals surface area (Å²) in [7, 11) is 0. The van der Waals surface area contributed by atoms with Gasteiger partial charge in [-0.2, -0.15) is 5.10 Å². The lowest BCUT2D eigenvalue weighted by Crippen LogP contribution is -2.34. The largest absolute Gasteiger partial charge is 0.371 e. The highest BCUT2D eigenvalue weighted by atomic mass is 15.6. The Hall–Kier alpha value is -2.50. The van der Waals surface area contributed by atoms with Gasteiger partial charge in [0.2, 0.25) is 5.82 Å². The SMILES string of the molecule is CCCCC(CC)CN(CC(CC)CCCC)c1ccc(/N=C2/C(C)=Nn3nc(C(C)(C)C)nc32)cc1. The minimum absolute atomic E-state index is 0.127. The summed E-state index contributed by atoms with van der Waals surface area (Å²) in [4.78, 5) is 14.0. The van der Waals surface area contributed by atoms with E-state index < -0.39 is 0 Å². The van der Waals surface area contributed by atoms with Crippen molar-refractivity contribution in [1.29, 1.82) is 0 Å². The summed E-state index contributed by atoms with van der Waals surface area (Å²) in [6.45, 7) is 19.9. The number of aliphatic imine (C=N–C) groups is 1. The van der Waals surface area contributed by atoms with Crippen molar-refractivity contribution < 1.29 is 0 Å². The molecule has 0 bridgehead atoms. The van der Waals surface area contributed by atoms with Gasteiger partial charge in [0.25, 0.3) is 0 Å². The third kappa shape index (κ3) is 7.75. The van der Waals surface area contributed by atoms with Gasteiger partial charge >= 0.3 is 0 Å². The zero-order valence-corrected chi connectivity index (χ0v) is 24.7. The van der Waals surface area contributed by atoms with E-state index in [1.54, 1.807) is 4.79 Å². The minimum Gasteiger partial charge on any atom is -0.371 e. The van der Waals surface area contributed by atoms with Crippen LogP contribution in [-0.2, 0) is 5.41 Å². The van der Waals surface area contributed by atoms with Gasteiger partial charge in [-0.1, -0.05) is 87.0 Å². The van der Waals surface area contributed by atoms with Crippen LogP contribution in [-0.4, -0.2) is 39.4 Å². The number of unbranched alkanes of at least 4 members (excludes halogenated alkanes) is 2. The van der Waals surface area contributed by atoms with Crippen LogP contribution in [0.3, 0.4) is 0 Å². The Morgan fingerprint density at radius 1 is 0.892 bits per heavy atom. The number of nitrogens with zero attached hydrogens (tertiary/aromatic N) is 6. The van der Waals surface area contributed by atoms with Gasteiger partial charge in [0.15, 0.2) is 5.82 Å². The van der Waals surface area contributed by atoms with Crippen LogP contribution in [0.1, 0.15) is 118 Å². The number of hydrogen-bond donors (Lipinski definition) is 0. The third-order valence-corrected chi connectivity index (χ3v) is 7.56. The molecule has 0 amide bonds. The molecule has 0 saturated heterocycles. The zero-order chi connectivity index (χ0) is 27.0. The van der Waals surface area contributed by atoms with Crippen molar-refractivity contribution in [2.75, 3.05) is 18.0 Å². The van der Waals surface area contributed by atoms with E-state index in [9.17, 15) is 0 Å². The molecule has 1 aliphatic rings. The second-order valence-corrected chi connectivity index (χ2v) is 11.8. The molecule has 0 spiro atoms. The molecule has 2 atom stereocenters. The van der Waals surface area contributed by atoms with Crippen molar-refractivity contribution in [3.05, 3.63) is 35.9 Å². The Morgan fingerprint density at radius 3 is 1.95 bits per heavy atom. The van der Waals surface area contributed by atoms with E-state index in [1.807, 2.05) is 6.92 Å². The summed E-state index contributed by atoms with van der Waals surface area (Å²) in [5, 5.41) is 9.15. The molecule has 2 aromatic rings. The van der Waals surface area contributed by atoms with E-state index in [2.05, 4.69) is 87.8 Å². The average Bonchev–Trinajstić information content (AvgIpc) is 3.42. The summed E-state index contributed by atoms with van der Waals surface area (Å²) in [5.74, 6) is 3.00. The summed E-state index contributed by atoms with van der Waals surface area (Å²) < 4.78 is 0. The van der Waals surface area contributed by atoms with Gasteiger partial charge < -0.3 is 4.90 Å². The van der Waals surface area contributed by atoms with Crippen molar-refractivity contribution >= 4 is 22.8 Å². The number of benzene rings is 1. The predicted molar refractivity (Wildman–Crippen MR) is 159 cm³/mol. The second kappa shape index (κ2) is 13.3. The molecule has 6 heteroatoms. The highest BCUT2D eigenvalue weighted by molar-refractivity contribution is 6.48. The minimum atomic E-state index is -0.127. The van der Waals surface area contributed by atoms with Gasteiger partial charge in [-0.15, -0.1) is 9.89 Å². The van der Waals surface area contributed by atoms with Gasteiger partial charge in [0.1, 0.15) is 5.71 Å². The lowest BCUT2D eigenvalue weighted by molar-refractivity contribution is 0.403. The van der Waals surface area contributed by atoms with Crippen LogP contribution < -0.4 is 4.90 Å². The van der Waals surface area contributed by atoms with Crippen LogP contribution in [0.5, 0.6) is 0 Å². The van der Waals surface area contributed by atoms with Gasteiger partial charge in [0, 0.05) is 24.2 Å². The average molecular weight is 507 g/mol. The topological polar surface area (TPSA) is 58.7 Å². The van der Waals surface area contributed by atoms with Gasteiger partial charge in [-0.05, 0) is 55.9 Å². The Balaban J connectivity index is 1.84. The van der Waals surface area contributed by atoms with E-state index in [0.29, 0.717) is 0 Å². The first-order valence-electron chi connectivity index (χ1n) is 14.7. The van der Waals surface area contributed by atoms with E-state index >= 15 is 0 Å². The molecule has 0 radical (unpaired) electrons. The summed E-state index contributed by atoms with van der Waals surface area (Å²) in [6.07, 6.45) is 10.3. The molecule has 0 N–H and O–H groups in total. The molecule has 204 valence electrons. The highest BCUT2D eigenvalue weighted by Crippen LogP contribution is 2.27. The number of rotatable bonds is 14. The first-order chi connectivity index (χ1) is 17.7. The molecule has 0 fully saturated rings. The molecular weight excluding hydrogens is 456 g/mol. The fraction of sp³-hybridized carbons (Fsp3) is 0.677. The number of fused-ring (bicyclic) bond motifs is 1. The zero-order valence-electron chi connectivity index (χ0n) is 24.7. The van der Waals surface area contributed by atoms with Crippen LogP contribution >= 0.6 is 0 Å². The van der Waals surface area contributed by atoms with E-state index in [4.69, 9.17) is 9.98 Å². The fourth-order valence-corrected chi connectivity index (χ4v) is 4.93. The smallest absolute Gasteiger partial charge is 0.204 e. The first kappa shape index (κ1) is 29.1. The lowest BCUT2D eigenvalue weighted by atomic mass is 9.95. The number of anilines is 1. The summed E-state index contributed by atoms with van der Waals surface area (Å²) in [5.41, 5.74) is 3.77. The summed E-state index contributed by atoms with van der Waals surface area (Å²) >= 11 is 0. The maximum Gasteiger partial charge on any atom is 0.204 e. The number of hydrogen-bond acceptors (Lipinski definition) is 5. The van der Waals surface area contributed by atoms with Crippen molar-refractivity contribution in [2.45, 2.75) is 112 Å². The first-order valence-corrected chi connectivity index (χ1v) is 14.7. The summed E-state index contributed by atoms with van der Waals surface area (Å²) in [6, 6.07) is 8.80. The third-order valence-electron chi connectivity index (χ3n) is 7.56. The normalized spacial score (nSPS) is 16.1. The van der Waals surface area contributed by atoms with Crippen LogP contribution in [0.15, 0.2) is 34.4 Å². The van der Waals surface area contributed by atoms with Crippen molar-refractivity contribution in [1.82, 2.24) is 14.9 Å². The van der Waals surface area contributed by atoms with E-state index in [-0.39, 0.29) is 5.41 Å². The highest BCUT2D eigenvalue weighted by Gasteiger charge is 2.29. The molecule has 2 unspecified atom stereocenters. The molecule has 1 aromatic heterocycles. The molecule has 37 heavy (non-hydrogen) atoms. The van der Waals surface area contributed by atoms with Gasteiger partial charge in [0.05, 0.1) is 11.4 Å². The Bertz CT molecular complexity index is 1020. The standard InChI is InChI=1S/C31H50N6/c1-9-13-15-24(11-3)21-36(22-25(12-4)16-14-10-2)27-19-17-26(18-20-27)32-28-23(5)34-37-29(28)33-30(35-37)31(6,7)8/h17-20,24-25H,9-16,21-22H2,1-8H3/b32-28-. The molecule has 3 rings (SSSR count). The van der Waals surface area contributed by atoms with Crippen LogP contribution in [0.4, 0.5) is 11.4 Å². The Kier molecular flexibility index (Phi) is 10.5. The fourth-order valence-electron chi connectivity index (χ4n) is 4.93. The maximum atomic E-state index is 4.96. The predicted octanol–water partition coefficient (Wildman–Crippen LogP) is 8.17. The molecule has 0 saturated carbocycles. The molecule has 2 heterocycles. The van der Waals surface area contributed by atoms with Gasteiger partial charge in [-0.25, -0.2) is 9.98 Å². The van der Waals surface area contributed by atoms with Crippen LogP contribution in [0.25, 0.3) is 0 Å².